The highest BCUT2D eigenvalue weighted by molar-refractivity contribution is 5.09. The Kier molecular flexibility index (Phi) is 4.33. The number of aromatic nitrogens is 2. The van der Waals surface area contributed by atoms with Crippen molar-refractivity contribution in [1.82, 2.24) is 14.9 Å². The predicted octanol–water partition coefficient (Wildman–Crippen LogP) is 2.45. The molecule has 1 aromatic heterocycles. The van der Waals surface area contributed by atoms with Crippen molar-refractivity contribution in [2.24, 2.45) is 0 Å². The number of imidazole rings is 1. The molecular weight excluding hydrogens is 186 g/mol. The summed E-state index contributed by atoms with van der Waals surface area (Å²) in [6, 6.07) is 1.08. The molecule has 0 aliphatic carbocycles. The first kappa shape index (κ1) is 12.2. The van der Waals surface area contributed by atoms with Crippen LogP contribution in [0.5, 0.6) is 0 Å². The zero-order valence-corrected chi connectivity index (χ0v) is 10.5. The van der Waals surface area contributed by atoms with Crippen molar-refractivity contribution >= 4 is 0 Å². The Bertz CT molecular complexity index is 304. The maximum Gasteiger partial charge on any atom is 0.0953 e. The molecule has 1 aromatic rings. The molecule has 0 bridgehead atoms. The van der Waals surface area contributed by atoms with Gasteiger partial charge in [0.25, 0.3) is 0 Å². The molecule has 0 aromatic carbocycles. The summed E-state index contributed by atoms with van der Waals surface area (Å²) in [6.45, 7) is 11.9. The molecule has 1 N–H and O–H groups in total. The van der Waals surface area contributed by atoms with Gasteiger partial charge in [-0.1, -0.05) is 6.92 Å². The van der Waals surface area contributed by atoms with Crippen molar-refractivity contribution in [3.8, 4) is 0 Å². The fourth-order valence-corrected chi connectivity index (χ4v) is 2.02. The number of nitrogens with one attached hydrogen (secondary N) is 1. The molecule has 2 unspecified atom stereocenters. The second-order valence-corrected chi connectivity index (χ2v) is 4.37. The molecule has 1 heterocycles. The van der Waals surface area contributed by atoms with Gasteiger partial charge in [-0.25, -0.2) is 4.98 Å². The monoisotopic (exact) mass is 209 g/mol. The summed E-state index contributed by atoms with van der Waals surface area (Å²) >= 11 is 0. The summed E-state index contributed by atoms with van der Waals surface area (Å²) in [5.74, 6) is 0. The molecular formula is C12H23N3. The van der Waals surface area contributed by atoms with Gasteiger partial charge in [0.15, 0.2) is 0 Å². The van der Waals surface area contributed by atoms with Gasteiger partial charge in [0.1, 0.15) is 0 Å². The second kappa shape index (κ2) is 5.31. The average molecular weight is 209 g/mol. The fourth-order valence-electron chi connectivity index (χ4n) is 2.02. The molecule has 0 fully saturated rings. The third-order valence-corrected chi connectivity index (χ3v) is 3.01. The van der Waals surface area contributed by atoms with E-state index in [9.17, 15) is 0 Å². The number of hydrogen-bond donors (Lipinski definition) is 1. The van der Waals surface area contributed by atoms with E-state index in [1.807, 2.05) is 6.33 Å². The van der Waals surface area contributed by atoms with E-state index in [1.54, 1.807) is 0 Å². The Morgan fingerprint density at radius 1 is 1.40 bits per heavy atom. The Labute approximate surface area is 92.9 Å². The van der Waals surface area contributed by atoms with Crippen molar-refractivity contribution in [2.45, 2.75) is 53.1 Å². The maximum absolute atomic E-state index is 4.33. The standard InChI is InChI=1S/C12H23N3/c1-6-13-9(2)7-10(3)15-8-14-11(4)12(15)5/h8-10,13H,6-7H2,1-5H3. The molecule has 0 saturated carbocycles. The molecule has 1 rings (SSSR count). The minimum Gasteiger partial charge on any atom is -0.332 e. The van der Waals surface area contributed by atoms with Gasteiger partial charge in [0, 0.05) is 17.8 Å². The van der Waals surface area contributed by atoms with E-state index >= 15 is 0 Å². The van der Waals surface area contributed by atoms with Crippen LogP contribution in [-0.2, 0) is 0 Å². The van der Waals surface area contributed by atoms with Crippen LogP contribution in [0.1, 0.15) is 44.6 Å². The van der Waals surface area contributed by atoms with Gasteiger partial charge >= 0.3 is 0 Å². The van der Waals surface area contributed by atoms with Crippen molar-refractivity contribution in [3.05, 3.63) is 17.7 Å². The first-order chi connectivity index (χ1) is 7.06. The van der Waals surface area contributed by atoms with Crippen molar-refractivity contribution in [2.75, 3.05) is 6.54 Å². The van der Waals surface area contributed by atoms with Gasteiger partial charge in [-0.05, 0) is 40.7 Å². The SMILES string of the molecule is CCNC(C)CC(C)n1cnc(C)c1C. The fraction of sp³-hybridized carbons (Fsp3) is 0.750. The molecule has 2 atom stereocenters. The Hall–Kier alpha value is -0.830. The van der Waals surface area contributed by atoms with Crippen LogP contribution in [0.15, 0.2) is 6.33 Å². The van der Waals surface area contributed by atoms with Crippen molar-refractivity contribution < 1.29 is 0 Å². The highest BCUT2D eigenvalue weighted by Gasteiger charge is 2.12. The lowest BCUT2D eigenvalue weighted by atomic mass is 10.1. The molecule has 3 heteroatoms. The zero-order chi connectivity index (χ0) is 11.4. The topological polar surface area (TPSA) is 29.9 Å². The molecule has 15 heavy (non-hydrogen) atoms. The van der Waals surface area contributed by atoms with E-state index in [-0.39, 0.29) is 0 Å². The predicted molar refractivity (Wildman–Crippen MR) is 64.2 cm³/mol. The van der Waals surface area contributed by atoms with Gasteiger partial charge in [-0.3, -0.25) is 0 Å². The van der Waals surface area contributed by atoms with E-state index in [1.165, 1.54) is 5.69 Å². The van der Waals surface area contributed by atoms with Crippen LogP contribution in [0.25, 0.3) is 0 Å². The minimum atomic E-state index is 0.514. The smallest absolute Gasteiger partial charge is 0.0953 e. The summed E-state index contributed by atoms with van der Waals surface area (Å²) < 4.78 is 2.27. The van der Waals surface area contributed by atoms with E-state index < -0.39 is 0 Å². The molecule has 0 amide bonds. The van der Waals surface area contributed by atoms with E-state index in [0.717, 1.165) is 18.7 Å². The van der Waals surface area contributed by atoms with Crippen LogP contribution in [0, 0.1) is 13.8 Å². The molecule has 0 saturated heterocycles. The summed E-state index contributed by atoms with van der Waals surface area (Å²) in [6.07, 6.45) is 3.10. The van der Waals surface area contributed by atoms with Gasteiger partial charge in [-0.2, -0.15) is 0 Å². The molecule has 3 nitrogen and oxygen atoms in total. The van der Waals surface area contributed by atoms with Crippen LogP contribution in [0.4, 0.5) is 0 Å². The lowest BCUT2D eigenvalue weighted by Gasteiger charge is -2.20. The van der Waals surface area contributed by atoms with E-state index in [2.05, 4.69) is 49.5 Å². The maximum atomic E-state index is 4.33. The number of nitrogens with zero attached hydrogens (tertiary/aromatic N) is 2. The van der Waals surface area contributed by atoms with Crippen LogP contribution >= 0.6 is 0 Å². The van der Waals surface area contributed by atoms with E-state index in [0.29, 0.717) is 12.1 Å². The molecule has 0 radical (unpaired) electrons. The van der Waals surface area contributed by atoms with Gasteiger partial charge in [0.05, 0.1) is 12.0 Å². The normalized spacial score (nSPS) is 15.3. The zero-order valence-electron chi connectivity index (χ0n) is 10.5. The van der Waals surface area contributed by atoms with Crippen molar-refractivity contribution in [3.63, 3.8) is 0 Å². The highest BCUT2D eigenvalue weighted by atomic mass is 15.1. The van der Waals surface area contributed by atoms with Crippen molar-refractivity contribution in [1.29, 1.82) is 0 Å². The summed E-state index contributed by atoms with van der Waals surface area (Å²) in [5, 5.41) is 3.44. The van der Waals surface area contributed by atoms with Gasteiger partial charge in [0.2, 0.25) is 0 Å². The van der Waals surface area contributed by atoms with E-state index in [4.69, 9.17) is 0 Å². The number of hydrogen-bond acceptors (Lipinski definition) is 2. The lowest BCUT2D eigenvalue weighted by Crippen LogP contribution is -2.28. The van der Waals surface area contributed by atoms with Crippen LogP contribution in [0.2, 0.25) is 0 Å². The summed E-state index contributed by atoms with van der Waals surface area (Å²) in [7, 11) is 0. The Morgan fingerprint density at radius 3 is 2.53 bits per heavy atom. The first-order valence-corrected chi connectivity index (χ1v) is 5.79. The summed E-state index contributed by atoms with van der Waals surface area (Å²) in [4.78, 5) is 4.33. The largest absolute Gasteiger partial charge is 0.332 e. The van der Waals surface area contributed by atoms with Crippen LogP contribution < -0.4 is 5.32 Å². The summed E-state index contributed by atoms with van der Waals surface area (Å²) in [5.41, 5.74) is 2.42. The Morgan fingerprint density at radius 2 is 2.07 bits per heavy atom. The highest BCUT2D eigenvalue weighted by Crippen LogP contribution is 2.17. The second-order valence-electron chi connectivity index (χ2n) is 4.37. The molecule has 0 aliphatic heterocycles. The van der Waals surface area contributed by atoms with Gasteiger partial charge < -0.3 is 9.88 Å². The van der Waals surface area contributed by atoms with Gasteiger partial charge in [-0.15, -0.1) is 0 Å². The molecule has 0 aliphatic rings. The number of rotatable bonds is 5. The molecule has 0 spiro atoms. The third-order valence-electron chi connectivity index (χ3n) is 3.01. The van der Waals surface area contributed by atoms with Crippen LogP contribution in [0.3, 0.4) is 0 Å². The average Bonchev–Trinajstić information content (AvgIpc) is 2.48. The van der Waals surface area contributed by atoms with Crippen LogP contribution in [-0.4, -0.2) is 22.1 Å². The molecule has 86 valence electrons. The Balaban J connectivity index is 2.60. The first-order valence-electron chi connectivity index (χ1n) is 5.79. The number of aryl methyl sites for hydroxylation is 1. The quantitative estimate of drug-likeness (QED) is 0.807. The third kappa shape index (κ3) is 3.06. The minimum absolute atomic E-state index is 0.514. The lowest BCUT2D eigenvalue weighted by molar-refractivity contribution is 0.414.